The number of hydrogen-bond donors (Lipinski definition) is 2. The number of amides is 3. The Kier molecular flexibility index (Phi) is 12.7. The topological polar surface area (TPSA) is 112 Å². The third-order valence-corrected chi connectivity index (χ3v) is 5.31. The molecule has 3 N–H and O–H groups in total. The molecule has 0 aliphatic carbocycles. The summed E-state index contributed by atoms with van der Waals surface area (Å²) in [5.74, 6) is 0.969. The summed E-state index contributed by atoms with van der Waals surface area (Å²) >= 11 is 0. The van der Waals surface area contributed by atoms with Crippen LogP contribution in [-0.4, -0.2) is 65.7 Å². The zero-order chi connectivity index (χ0) is 23.4. The van der Waals surface area contributed by atoms with Gasteiger partial charge in [-0.25, -0.2) is 4.98 Å². The number of primary amides is 1. The zero-order valence-electron chi connectivity index (χ0n) is 19.9. The molecule has 1 heterocycles. The Labute approximate surface area is 181 Å². The van der Waals surface area contributed by atoms with Gasteiger partial charge in [0.05, 0.1) is 0 Å². The van der Waals surface area contributed by atoms with E-state index in [1.54, 1.807) is 37.0 Å². The van der Waals surface area contributed by atoms with Crippen LogP contribution in [-0.2, 0) is 14.4 Å². The lowest BCUT2D eigenvalue weighted by atomic mass is 9.92. The summed E-state index contributed by atoms with van der Waals surface area (Å²) in [6.45, 7) is 7.86. The lowest BCUT2D eigenvalue weighted by Gasteiger charge is -2.21. The minimum absolute atomic E-state index is 0.0700. The maximum absolute atomic E-state index is 11.9. The van der Waals surface area contributed by atoms with E-state index in [1.807, 2.05) is 27.2 Å². The predicted molar refractivity (Wildman–Crippen MR) is 120 cm³/mol. The van der Waals surface area contributed by atoms with Crippen LogP contribution in [0.4, 0.5) is 0 Å². The summed E-state index contributed by atoms with van der Waals surface area (Å²) in [6, 6.07) is 0. The van der Waals surface area contributed by atoms with Crippen molar-refractivity contribution in [1.29, 1.82) is 0 Å². The standard InChI is InChI=1S/C12H21N3O.C10H20N2O2/c1-5-10(12(16)15(3)4)8-9(2)11-13-6-7-14-11;1-5-8(10(14)12(3)4)6-7(2)9(11)13/h6-7,9-10H,5,8H2,1-4H3,(H,13,14);7-8H,5-6H2,1-4H3,(H2,11,13). The Hall–Kier alpha value is -2.38. The number of aromatic nitrogens is 2. The second-order valence-corrected chi connectivity index (χ2v) is 8.33. The number of nitrogens with zero attached hydrogens (tertiary/aromatic N) is 3. The summed E-state index contributed by atoms with van der Waals surface area (Å²) in [6.07, 6.45) is 6.58. The van der Waals surface area contributed by atoms with Gasteiger partial charge >= 0.3 is 0 Å². The molecule has 4 atom stereocenters. The molecule has 8 heteroatoms. The SMILES string of the molecule is CCC(CC(C)C(N)=O)C(=O)N(C)C.CCC(CC(C)c1ncc[nH]1)C(=O)N(C)C. The van der Waals surface area contributed by atoms with Gasteiger partial charge in [-0.1, -0.05) is 27.7 Å². The molecule has 0 bridgehead atoms. The summed E-state index contributed by atoms with van der Waals surface area (Å²) in [5, 5.41) is 0. The highest BCUT2D eigenvalue weighted by molar-refractivity contribution is 5.80. The minimum atomic E-state index is -0.338. The van der Waals surface area contributed by atoms with Gasteiger partial charge in [-0.05, 0) is 25.7 Å². The molecule has 3 amide bonds. The molecule has 0 radical (unpaired) electrons. The molecular formula is C22H41N5O3. The van der Waals surface area contributed by atoms with E-state index in [2.05, 4.69) is 23.8 Å². The smallest absolute Gasteiger partial charge is 0.225 e. The van der Waals surface area contributed by atoms with Crippen molar-refractivity contribution in [3.8, 4) is 0 Å². The second-order valence-electron chi connectivity index (χ2n) is 8.33. The van der Waals surface area contributed by atoms with Crippen LogP contribution in [0.3, 0.4) is 0 Å². The molecule has 172 valence electrons. The molecule has 0 aliphatic rings. The Morgan fingerprint density at radius 3 is 1.77 bits per heavy atom. The third-order valence-electron chi connectivity index (χ3n) is 5.31. The normalized spacial score (nSPS) is 14.5. The van der Waals surface area contributed by atoms with Crippen molar-refractivity contribution >= 4 is 17.7 Å². The molecule has 1 rings (SSSR count). The van der Waals surface area contributed by atoms with Gasteiger partial charge in [-0.15, -0.1) is 0 Å². The zero-order valence-corrected chi connectivity index (χ0v) is 19.9. The van der Waals surface area contributed by atoms with Crippen molar-refractivity contribution in [1.82, 2.24) is 19.8 Å². The van der Waals surface area contributed by atoms with Crippen molar-refractivity contribution in [2.45, 2.75) is 59.3 Å². The number of hydrogen-bond acceptors (Lipinski definition) is 4. The Bertz CT molecular complexity index is 643. The van der Waals surface area contributed by atoms with Crippen LogP contribution in [0.1, 0.15) is 65.1 Å². The number of H-pyrrole nitrogens is 1. The van der Waals surface area contributed by atoms with Gasteiger partial charge in [0, 0.05) is 64.3 Å². The fourth-order valence-electron chi connectivity index (χ4n) is 3.24. The second kappa shape index (κ2) is 13.8. The molecule has 0 fully saturated rings. The number of rotatable bonds is 10. The molecule has 8 nitrogen and oxygen atoms in total. The maximum atomic E-state index is 11.9. The van der Waals surface area contributed by atoms with Gasteiger partial charge in [-0.3, -0.25) is 14.4 Å². The Morgan fingerprint density at radius 1 is 0.967 bits per heavy atom. The van der Waals surface area contributed by atoms with Crippen LogP contribution < -0.4 is 5.73 Å². The first-order valence-electron chi connectivity index (χ1n) is 10.7. The first-order valence-corrected chi connectivity index (χ1v) is 10.7. The van der Waals surface area contributed by atoms with Crippen molar-refractivity contribution in [3.63, 3.8) is 0 Å². The highest BCUT2D eigenvalue weighted by Crippen LogP contribution is 2.23. The summed E-state index contributed by atoms with van der Waals surface area (Å²) < 4.78 is 0. The number of nitrogens with two attached hydrogens (primary N) is 1. The van der Waals surface area contributed by atoms with Crippen LogP contribution in [0.25, 0.3) is 0 Å². The maximum Gasteiger partial charge on any atom is 0.225 e. The average Bonchev–Trinajstić information content (AvgIpc) is 3.23. The van der Waals surface area contributed by atoms with Crippen LogP contribution in [0.2, 0.25) is 0 Å². The monoisotopic (exact) mass is 423 g/mol. The van der Waals surface area contributed by atoms with Gasteiger partial charge in [0.1, 0.15) is 5.82 Å². The molecule has 0 saturated heterocycles. The van der Waals surface area contributed by atoms with Gasteiger partial charge in [-0.2, -0.15) is 0 Å². The van der Waals surface area contributed by atoms with Crippen LogP contribution in [0.15, 0.2) is 12.4 Å². The van der Waals surface area contributed by atoms with E-state index in [0.29, 0.717) is 12.3 Å². The van der Waals surface area contributed by atoms with Crippen molar-refractivity contribution in [3.05, 3.63) is 18.2 Å². The molecule has 1 aromatic rings. The van der Waals surface area contributed by atoms with E-state index in [4.69, 9.17) is 5.73 Å². The van der Waals surface area contributed by atoms with Crippen LogP contribution in [0, 0.1) is 17.8 Å². The van der Waals surface area contributed by atoms with Crippen molar-refractivity contribution < 1.29 is 14.4 Å². The molecule has 1 aromatic heterocycles. The number of imidazole rings is 1. The number of carbonyl (C=O) groups is 3. The summed E-state index contributed by atoms with van der Waals surface area (Å²) in [4.78, 5) is 44.9. The Balaban J connectivity index is 0.000000567. The van der Waals surface area contributed by atoms with E-state index in [0.717, 1.165) is 25.1 Å². The molecule has 0 aliphatic heterocycles. The molecule has 4 unspecified atom stereocenters. The van der Waals surface area contributed by atoms with Gasteiger partial charge in [0.15, 0.2) is 0 Å². The summed E-state index contributed by atoms with van der Waals surface area (Å²) in [7, 11) is 7.06. The van der Waals surface area contributed by atoms with Crippen molar-refractivity contribution in [2.75, 3.05) is 28.2 Å². The Morgan fingerprint density at radius 2 is 1.43 bits per heavy atom. The van der Waals surface area contributed by atoms with E-state index >= 15 is 0 Å². The predicted octanol–water partition coefficient (Wildman–Crippen LogP) is 2.63. The quantitative estimate of drug-likeness (QED) is 0.602. The first-order chi connectivity index (χ1) is 14.0. The van der Waals surface area contributed by atoms with Crippen LogP contribution in [0.5, 0.6) is 0 Å². The lowest BCUT2D eigenvalue weighted by Crippen LogP contribution is -2.32. The first kappa shape index (κ1) is 27.6. The summed E-state index contributed by atoms with van der Waals surface area (Å²) in [5.41, 5.74) is 5.15. The highest BCUT2D eigenvalue weighted by Gasteiger charge is 2.23. The molecule has 30 heavy (non-hydrogen) atoms. The van der Waals surface area contributed by atoms with E-state index in [1.165, 1.54) is 0 Å². The number of carbonyl (C=O) groups excluding carboxylic acids is 3. The highest BCUT2D eigenvalue weighted by atomic mass is 16.2. The van der Waals surface area contributed by atoms with Gasteiger partial charge < -0.3 is 20.5 Å². The third kappa shape index (κ3) is 9.41. The van der Waals surface area contributed by atoms with Crippen molar-refractivity contribution in [2.24, 2.45) is 23.5 Å². The van der Waals surface area contributed by atoms with Gasteiger partial charge in [0.2, 0.25) is 17.7 Å². The number of nitrogens with one attached hydrogen (secondary N) is 1. The minimum Gasteiger partial charge on any atom is -0.369 e. The van der Waals surface area contributed by atoms with E-state index < -0.39 is 0 Å². The van der Waals surface area contributed by atoms with E-state index in [9.17, 15) is 14.4 Å². The fourth-order valence-corrected chi connectivity index (χ4v) is 3.24. The molecular weight excluding hydrogens is 382 g/mol. The van der Waals surface area contributed by atoms with Gasteiger partial charge in [0.25, 0.3) is 0 Å². The van der Waals surface area contributed by atoms with Crippen LogP contribution >= 0.6 is 0 Å². The van der Waals surface area contributed by atoms with E-state index in [-0.39, 0.29) is 35.5 Å². The lowest BCUT2D eigenvalue weighted by molar-refractivity contribution is -0.134. The largest absolute Gasteiger partial charge is 0.369 e. The fraction of sp³-hybridized carbons (Fsp3) is 0.727. The molecule has 0 spiro atoms. The molecule has 0 aromatic carbocycles. The molecule has 0 saturated carbocycles. The average molecular weight is 424 g/mol. The number of aromatic amines is 1.